The molecule has 0 spiro atoms. The van der Waals surface area contributed by atoms with Gasteiger partial charge in [-0.2, -0.15) is 0 Å². The monoisotopic (exact) mass is 275 g/mol. The highest BCUT2D eigenvalue weighted by molar-refractivity contribution is 5.99. The zero-order valence-corrected chi connectivity index (χ0v) is 12.5. The first-order chi connectivity index (χ1) is 9.61. The molecule has 0 bridgehead atoms. The van der Waals surface area contributed by atoms with Gasteiger partial charge in [-0.1, -0.05) is 19.1 Å². The normalized spacial score (nSPS) is 18.8. The average Bonchev–Trinajstić information content (AvgIpc) is 2.87. The van der Waals surface area contributed by atoms with Crippen LogP contribution in [0.3, 0.4) is 0 Å². The number of likely N-dealkylation sites (tertiary alicyclic amines) is 1. The van der Waals surface area contributed by atoms with Gasteiger partial charge in [-0.3, -0.25) is 4.79 Å². The summed E-state index contributed by atoms with van der Waals surface area (Å²) in [5, 5.41) is 0. The van der Waals surface area contributed by atoms with Gasteiger partial charge in [0, 0.05) is 25.3 Å². The summed E-state index contributed by atoms with van der Waals surface area (Å²) in [5.74, 6) is 0.657. The molecule has 1 aliphatic heterocycles. The maximum absolute atomic E-state index is 12.5. The summed E-state index contributed by atoms with van der Waals surface area (Å²) in [6, 6.07) is 7.33. The molecule has 2 rings (SSSR count). The molecule has 0 aliphatic carbocycles. The quantitative estimate of drug-likeness (QED) is 0.837. The van der Waals surface area contributed by atoms with E-state index in [0.29, 0.717) is 17.2 Å². The van der Waals surface area contributed by atoms with Crippen molar-refractivity contribution in [3.8, 4) is 0 Å². The lowest BCUT2D eigenvalue weighted by molar-refractivity contribution is 0.0785. The van der Waals surface area contributed by atoms with Crippen LogP contribution in [0.25, 0.3) is 0 Å². The molecule has 2 N–H and O–H groups in total. The summed E-state index contributed by atoms with van der Waals surface area (Å²) in [7, 11) is 2.16. The van der Waals surface area contributed by atoms with Gasteiger partial charge in [0.1, 0.15) is 0 Å². The largest absolute Gasteiger partial charge is 0.398 e. The first-order valence-electron chi connectivity index (χ1n) is 7.44. The van der Waals surface area contributed by atoms with Crippen LogP contribution in [-0.4, -0.2) is 48.9 Å². The van der Waals surface area contributed by atoms with Gasteiger partial charge < -0.3 is 15.5 Å². The molecule has 4 nitrogen and oxygen atoms in total. The van der Waals surface area contributed by atoms with Gasteiger partial charge in [0.2, 0.25) is 0 Å². The minimum absolute atomic E-state index is 0.0729. The number of benzene rings is 1. The number of nitrogens with two attached hydrogens (primary N) is 1. The number of carbonyl (C=O) groups is 1. The van der Waals surface area contributed by atoms with Crippen molar-refractivity contribution < 1.29 is 4.79 Å². The third kappa shape index (κ3) is 3.51. The van der Waals surface area contributed by atoms with E-state index in [4.69, 9.17) is 5.73 Å². The lowest BCUT2D eigenvalue weighted by Crippen LogP contribution is -2.32. The molecular weight excluding hydrogens is 250 g/mol. The van der Waals surface area contributed by atoms with Crippen LogP contribution in [0.1, 0.15) is 30.1 Å². The SMILES string of the molecule is CCCN(C)CC1CCN(C(=O)c2ccccc2N)C1. The molecule has 110 valence electrons. The second-order valence-electron chi connectivity index (χ2n) is 5.76. The van der Waals surface area contributed by atoms with Crippen molar-refractivity contribution in [2.75, 3.05) is 39.0 Å². The maximum Gasteiger partial charge on any atom is 0.255 e. The van der Waals surface area contributed by atoms with E-state index in [1.165, 1.54) is 6.42 Å². The number of amides is 1. The van der Waals surface area contributed by atoms with Crippen molar-refractivity contribution in [3.05, 3.63) is 29.8 Å². The molecular formula is C16H25N3O. The second-order valence-corrected chi connectivity index (χ2v) is 5.76. The second kappa shape index (κ2) is 6.75. The fourth-order valence-corrected chi connectivity index (χ4v) is 2.94. The van der Waals surface area contributed by atoms with Crippen molar-refractivity contribution in [1.82, 2.24) is 9.80 Å². The summed E-state index contributed by atoms with van der Waals surface area (Å²) >= 11 is 0. The molecule has 0 aromatic heterocycles. The first-order valence-corrected chi connectivity index (χ1v) is 7.44. The summed E-state index contributed by atoms with van der Waals surface area (Å²) < 4.78 is 0. The third-order valence-electron chi connectivity index (χ3n) is 3.94. The first kappa shape index (κ1) is 14.9. The van der Waals surface area contributed by atoms with E-state index in [1.807, 2.05) is 23.1 Å². The van der Waals surface area contributed by atoms with Crippen LogP contribution in [0.15, 0.2) is 24.3 Å². The Hall–Kier alpha value is -1.55. The predicted molar refractivity (Wildman–Crippen MR) is 82.7 cm³/mol. The molecule has 1 fully saturated rings. The molecule has 1 amide bonds. The van der Waals surface area contributed by atoms with Gasteiger partial charge in [-0.25, -0.2) is 0 Å². The Kier molecular flexibility index (Phi) is 5.01. The molecule has 4 heteroatoms. The lowest BCUT2D eigenvalue weighted by Gasteiger charge is -2.21. The van der Waals surface area contributed by atoms with Crippen LogP contribution in [0.2, 0.25) is 0 Å². The van der Waals surface area contributed by atoms with Gasteiger partial charge in [-0.15, -0.1) is 0 Å². The van der Waals surface area contributed by atoms with Crippen LogP contribution in [0, 0.1) is 5.92 Å². The highest BCUT2D eigenvalue weighted by atomic mass is 16.2. The van der Waals surface area contributed by atoms with E-state index >= 15 is 0 Å². The summed E-state index contributed by atoms with van der Waals surface area (Å²) in [4.78, 5) is 16.8. The molecule has 20 heavy (non-hydrogen) atoms. The van der Waals surface area contributed by atoms with E-state index in [-0.39, 0.29) is 5.91 Å². The number of nitrogen functional groups attached to an aromatic ring is 1. The zero-order valence-electron chi connectivity index (χ0n) is 12.5. The van der Waals surface area contributed by atoms with Crippen LogP contribution < -0.4 is 5.73 Å². The molecule has 1 aliphatic rings. The molecule has 0 saturated carbocycles. The Bertz CT molecular complexity index is 461. The fourth-order valence-electron chi connectivity index (χ4n) is 2.94. The van der Waals surface area contributed by atoms with Crippen molar-refractivity contribution in [1.29, 1.82) is 0 Å². The van der Waals surface area contributed by atoms with E-state index in [1.54, 1.807) is 6.07 Å². The van der Waals surface area contributed by atoms with E-state index < -0.39 is 0 Å². The molecule has 1 atom stereocenters. The number of hydrogen-bond donors (Lipinski definition) is 1. The summed E-state index contributed by atoms with van der Waals surface area (Å²) in [5.41, 5.74) is 7.10. The van der Waals surface area contributed by atoms with Gasteiger partial charge in [0.25, 0.3) is 5.91 Å². The van der Waals surface area contributed by atoms with E-state index in [2.05, 4.69) is 18.9 Å². The number of hydrogen-bond acceptors (Lipinski definition) is 3. The third-order valence-corrected chi connectivity index (χ3v) is 3.94. The van der Waals surface area contributed by atoms with Crippen molar-refractivity contribution >= 4 is 11.6 Å². The van der Waals surface area contributed by atoms with Gasteiger partial charge in [-0.05, 0) is 44.5 Å². The Balaban J connectivity index is 1.93. The number of rotatable bonds is 5. The summed E-state index contributed by atoms with van der Waals surface area (Å²) in [6.45, 7) is 6.08. The Morgan fingerprint density at radius 1 is 1.45 bits per heavy atom. The Morgan fingerprint density at radius 3 is 2.90 bits per heavy atom. The average molecular weight is 275 g/mol. The maximum atomic E-state index is 12.5. The van der Waals surface area contributed by atoms with Crippen LogP contribution in [0.4, 0.5) is 5.69 Å². The molecule has 1 aromatic carbocycles. The van der Waals surface area contributed by atoms with Crippen LogP contribution in [0.5, 0.6) is 0 Å². The molecule has 0 radical (unpaired) electrons. The Labute approximate surface area is 121 Å². The van der Waals surface area contributed by atoms with Gasteiger partial charge in [0.05, 0.1) is 5.56 Å². The van der Waals surface area contributed by atoms with Crippen LogP contribution >= 0.6 is 0 Å². The minimum atomic E-state index is 0.0729. The standard InChI is InChI=1S/C16H25N3O/c1-3-9-18(2)11-13-8-10-19(12-13)16(20)14-6-4-5-7-15(14)17/h4-7,13H,3,8-12,17H2,1-2H3. The van der Waals surface area contributed by atoms with Crippen LogP contribution in [-0.2, 0) is 0 Å². The zero-order chi connectivity index (χ0) is 14.5. The predicted octanol–water partition coefficient (Wildman–Crippen LogP) is 2.07. The highest BCUT2D eigenvalue weighted by Gasteiger charge is 2.28. The minimum Gasteiger partial charge on any atom is -0.398 e. The van der Waals surface area contributed by atoms with E-state index in [0.717, 1.165) is 32.6 Å². The molecule has 1 saturated heterocycles. The number of carbonyl (C=O) groups excluding carboxylic acids is 1. The number of para-hydroxylation sites is 1. The van der Waals surface area contributed by atoms with Gasteiger partial charge >= 0.3 is 0 Å². The molecule has 1 aromatic rings. The summed E-state index contributed by atoms with van der Waals surface area (Å²) in [6.07, 6.45) is 2.26. The number of nitrogens with zero attached hydrogens (tertiary/aromatic N) is 2. The van der Waals surface area contributed by atoms with Crippen molar-refractivity contribution in [2.24, 2.45) is 5.92 Å². The fraction of sp³-hybridized carbons (Fsp3) is 0.562. The van der Waals surface area contributed by atoms with Crippen molar-refractivity contribution in [3.63, 3.8) is 0 Å². The van der Waals surface area contributed by atoms with Gasteiger partial charge in [0.15, 0.2) is 0 Å². The molecule has 1 heterocycles. The van der Waals surface area contributed by atoms with E-state index in [9.17, 15) is 4.79 Å². The highest BCUT2D eigenvalue weighted by Crippen LogP contribution is 2.21. The van der Waals surface area contributed by atoms with Crippen molar-refractivity contribution in [2.45, 2.75) is 19.8 Å². The topological polar surface area (TPSA) is 49.6 Å². The Morgan fingerprint density at radius 2 is 2.20 bits per heavy atom. The molecule has 1 unspecified atom stereocenters. The number of anilines is 1. The lowest BCUT2D eigenvalue weighted by atomic mass is 10.1. The smallest absolute Gasteiger partial charge is 0.255 e.